The number of nitrogens with zero attached hydrogens (tertiary/aromatic N) is 4. The van der Waals surface area contributed by atoms with Crippen LogP contribution in [-0.4, -0.2) is 77.6 Å². The summed E-state index contributed by atoms with van der Waals surface area (Å²) in [5.41, 5.74) is 3.95. The minimum atomic E-state index is -0.0588. The number of ketones is 1. The summed E-state index contributed by atoms with van der Waals surface area (Å²) in [6.07, 6.45) is 3.50. The zero-order chi connectivity index (χ0) is 26.6. The molecular weight excluding hydrogens is 490 g/mol. The normalized spacial score (nSPS) is 16.9. The highest BCUT2D eigenvalue weighted by molar-refractivity contribution is 6.18. The molecule has 0 spiro atoms. The monoisotopic (exact) mass is 525 g/mol. The van der Waals surface area contributed by atoms with Crippen molar-refractivity contribution in [3.05, 3.63) is 71.9 Å². The number of rotatable bonds is 8. The second kappa shape index (κ2) is 11.4. The molecule has 202 valence electrons. The maximum absolute atomic E-state index is 13.4. The van der Waals surface area contributed by atoms with Gasteiger partial charge in [-0.2, -0.15) is 9.97 Å². The molecule has 0 unspecified atom stereocenters. The Morgan fingerprint density at radius 3 is 2.46 bits per heavy atom. The fourth-order valence-electron chi connectivity index (χ4n) is 5.36. The number of carbonyl (C=O) groups is 1. The lowest BCUT2D eigenvalue weighted by atomic mass is 10.0. The Balaban J connectivity index is 1.27. The van der Waals surface area contributed by atoms with Gasteiger partial charge in [-0.1, -0.05) is 37.3 Å². The van der Waals surface area contributed by atoms with Gasteiger partial charge in [0, 0.05) is 68.6 Å². The van der Waals surface area contributed by atoms with E-state index < -0.39 is 0 Å². The van der Waals surface area contributed by atoms with Crippen LogP contribution in [-0.2, 0) is 4.74 Å². The van der Waals surface area contributed by atoms with Crippen LogP contribution in [0.25, 0.3) is 11.0 Å². The minimum Gasteiger partial charge on any atom is -0.381 e. The Morgan fingerprint density at radius 2 is 1.74 bits per heavy atom. The summed E-state index contributed by atoms with van der Waals surface area (Å²) in [4.78, 5) is 31.1. The Hall–Kier alpha value is -3.95. The van der Waals surface area contributed by atoms with Crippen LogP contribution in [0.1, 0.15) is 35.7 Å². The number of hydrogen-bond donors (Lipinski definition) is 3. The number of H-pyrrole nitrogens is 1. The quantitative estimate of drug-likeness (QED) is 0.286. The van der Waals surface area contributed by atoms with Crippen molar-refractivity contribution in [1.82, 2.24) is 19.9 Å². The van der Waals surface area contributed by atoms with Crippen LogP contribution >= 0.6 is 0 Å². The third-order valence-corrected chi connectivity index (χ3v) is 7.68. The largest absolute Gasteiger partial charge is 0.381 e. The molecule has 2 saturated heterocycles. The van der Waals surface area contributed by atoms with Crippen LogP contribution in [0.5, 0.6) is 0 Å². The predicted octanol–water partition coefficient (Wildman–Crippen LogP) is 4.67. The lowest BCUT2D eigenvalue weighted by Crippen LogP contribution is -2.46. The predicted molar refractivity (Wildman–Crippen MR) is 155 cm³/mol. The smallest absolute Gasteiger partial charge is 0.231 e. The van der Waals surface area contributed by atoms with Gasteiger partial charge in [0.15, 0.2) is 5.78 Å². The van der Waals surface area contributed by atoms with Crippen molar-refractivity contribution in [3.8, 4) is 0 Å². The number of ether oxygens (including phenoxy) is 1. The van der Waals surface area contributed by atoms with Gasteiger partial charge in [-0.3, -0.25) is 4.79 Å². The number of likely N-dealkylation sites (N-methyl/N-ethyl adjacent to an activating group) is 1. The third kappa shape index (κ3) is 5.60. The van der Waals surface area contributed by atoms with Gasteiger partial charge in [0.25, 0.3) is 0 Å². The van der Waals surface area contributed by atoms with Crippen LogP contribution in [0.15, 0.2) is 60.8 Å². The van der Waals surface area contributed by atoms with E-state index in [1.807, 2.05) is 30.3 Å². The van der Waals surface area contributed by atoms with Crippen LogP contribution in [0, 0.1) is 0 Å². The van der Waals surface area contributed by atoms with Gasteiger partial charge in [0.2, 0.25) is 5.95 Å². The number of fused-ring (bicyclic) bond motifs is 1. The minimum absolute atomic E-state index is 0.0588. The van der Waals surface area contributed by atoms with Gasteiger partial charge < -0.3 is 30.2 Å². The van der Waals surface area contributed by atoms with E-state index in [0.717, 1.165) is 51.3 Å². The molecule has 9 nitrogen and oxygen atoms in total. The fraction of sp³-hybridized carbons (Fsp3) is 0.367. The third-order valence-electron chi connectivity index (χ3n) is 7.68. The summed E-state index contributed by atoms with van der Waals surface area (Å²) in [5.74, 6) is 1.07. The molecule has 39 heavy (non-hydrogen) atoms. The van der Waals surface area contributed by atoms with Crippen LogP contribution in [0.3, 0.4) is 0 Å². The Kier molecular flexibility index (Phi) is 7.42. The zero-order valence-electron chi connectivity index (χ0n) is 22.3. The molecule has 0 amide bonds. The summed E-state index contributed by atoms with van der Waals surface area (Å²) in [5, 5.41) is 7.67. The van der Waals surface area contributed by atoms with Crippen molar-refractivity contribution >= 4 is 40.0 Å². The number of anilines is 4. The van der Waals surface area contributed by atoms with E-state index in [2.05, 4.69) is 56.6 Å². The topological polar surface area (TPSA) is 98.4 Å². The van der Waals surface area contributed by atoms with E-state index >= 15 is 0 Å². The molecule has 2 aliphatic heterocycles. The van der Waals surface area contributed by atoms with Crippen molar-refractivity contribution < 1.29 is 9.53 Å². The van der Waals surface area contributed by atoms with Crippen LogP contribution < -0.4 is 15.5 Å². The highest BCUT2D eigenvalue weighted by Crippen LogP contribution is 2.30. The molecule has 6 rings (SSSR count). The molecule has 2 aromatic heterocycles. The van der Waals surface area contributed by atoms with Gasteiger partial charge in [-0.05, 0) is 43.7 Å². The van der Waals surface area contributed by atoms with Crippen molar-refractivity contribution in [2.24, 2.45) is 0 Å². The summed E-state index contributed by atoms with van der Waals surface area (Å²) in [6.45, 7) is 9.01. The standard InChI is InChI=1S/C30H35N7O2/c1-2-36-14-16-37(17-15-36)24-10-8-22(9-11-24)33-30-34-28-26(29(35-30)32-23-12-18-39-19-13-23)25(20-31-28)27(38)21-6-4-3-5-7-21/h3-11,20,23H,2,12-19H2,1H3,(H3,31,32,33,34,35). The van der Waals surface area contributed by atoms with E-state index in [1.165, 1.54) is 5.69 Å². The number of aromatic nitrogens is 3. The van der Waals surface area contributed by atoms with Crippen LogP contribution in [0.4, 0.5) is 23.1 Å². The molecule has 0 bridgehead atoms. The first-order valence-electron chi connectivity index (χ1n) is 13.9. The second-order valence-electron chi connectivity index (χ2n) is 10.1. The molecule has 0 atom stereocenters. The second-order valence-corrected chi connectivity index (χ2v) is 10.1. The zero-order valence-corrected chi connectivity index (χ0v) is 22.3. The number of nitrogens with one attached hydrogen (secondary N) is 3. The number of carbonyl (C=O) groups excluding carboxylic acids is 1. The van der Waals surface area contributed by atoms with E-state index in [0.29, 0.717) is 47.1 Å². The highest BCUT2D eigenvalue weighted by Gasteiger charge is 2.23. The first-order valence-corrected chi connectivity index (χ1v) is 13.9. The van der Waals surface area contributed by atoms with Crippen molar-refractivity contribution in [2.75, 3.05) is 61.5 Å². The molecule has 0 radical (unpaired) electrons. The molecule has 2 aliphatic rings. The summed E-state index contributed by atoms with van der Waals surface area (Å²) in [7, 11) is 0. The molecule has 0 saturated carbocycles. The van der Waals surface area contributed by atoms with Crippen molar-refractivity contribution in [1.29, 1.82) is 0 Å². The van der Waals surface area contributed by atoms with Gasteiger partial charge in [0.05, 0.1) is 10.9 Å². The average molecular weight is 526 g/mol. The Morgan fingerprint density at radius 1 is 1.00 bits per heavy atom. The molecule has 2 aromatic carbocycles. The van der Waals surface area contributed by atoms with Crippen LogP contribution in [0.2, 0.25) is 0 Å². The maximum atomic E-state index is 13.4. The first-order chi connectivity index (χ1) is 19.2. The average Bonchev–Trinajstić information content (AvgIpc) is 3.42. The fourth-order valence-corrected chi connectivity index (χ4v) is 5.36. The van der Waals surface area contributed by atoms with Gasteiger partial charge in [-0.15, -0.1) is 0 Å². The van der Waals surface area contributed by atoms with Gasteiger partial charge in [-0.25, -0.2) is 0 Å². The lowest BCUT2D eigenvalue weighted by Gasteiger charge is -2.35. The molecule has 0 aliphatic carbocycles. The molecular formula is C30H35N7O2. The maximum Gasteiger partial charge on any atom is 0.231 e. The first kappa shape index (κ1) is 25.3. The van der Waals surface area contributed by atoms with E-state index in [1.54, 1.807) is 6.20 Å². The lowest BCUT2D eigenvalue weighted by molar-refractivity contribution is 0.0904. The van der Waals surface area contributed by atoms with E-state index in [-0.39, 0.29) is 11.8 Å². The Bertz CT molecular complexity index is 1410. The molecule has 4 aromatic rings. The number of hydrogen-bond acceptors (Lipinski definition) is 8. The molecule has 3 N–H and O–H groups in total. The SMILES string of the molecule is CCN1CCN(c2ccc(Nc3nc(NC4CCOCC4)c4c(C(=O)c5ccccc5)c[nH]c4n3)cc2)CC1. The van der Waals surface area contributed by atoms with E-state index in [4.69, 9.17) is 14.7 Å². The van der Waals surface area contributed by atoms with Crippen molar-refractivity contribution in [3.63, 3.8) is 0 Å². The Labute approximate surface area is 228 Å². The number of benzene rings is 2. The highest BCUT2D eigenvalue weighted by atomic mass is 16.5. The number of piperazine rings is 1. The molecule has 4 heterocycles. The number of aromatic amines is 1. The molecule has 2 fully saturated rings. The summed E-state index contributed by atoms with van der Waals surface area (Å²) in [6, 6.07) is 18.0. The summed E-state index contributed by atoms with van der Waals surface area (Å²) >= 11 is 0. The summed E-state index contributed by atoms with van der Waals surface area (Å²) < 4.78 is 5.55. The van der Waals surface area contributed by atoms with Crippen molar-refractivity contribution in [2.45, 2.75) is 25.8 Å². The van der Waals surface area contributed by atoms with E-state index in [9.17, 15) is 4.79 Å². The van der Waals surface area contributed by atoms with Gasteiger partial charge >= 0.3 is 0 Å². The van der Waals surface area contributed by atoms with Gasteiger partial charge in [0.1, 0.15) is 11.5 Å². The molecule has 9 heteroatoms.